The maximum absolute atomic E-state index is 9.68. The minimum Gasteiger partial charge on any atom is -0.393 e. The Bertz CT molecular complexity index is 622. The number of aliphatic hydroxyl groups excluding tert-OH is 1. The molecule has 6 heteroatoms. The average Bonchev–Trinajstić information content (AvgIpc) is 2.84. The number of hydrogen-bond donors (Lipinski definition) is 2. The summed E-state index contributed by atoms with van der Waals surface area (Å²) in [5.74, 6) is 0.151. The molecule has 2 atom stereocenters. The van der Waals surface area contributed by atoms with Crippen LogP contribution in [-0.4, -0.2) is 22.1 Å². The highest BCUT2D eigenvalue weighted by molar-refractivity contribution is 7.10. The molecule has 0 fully saturated rings. The highest BCUT2D eigenvalue weighted by Crippen LogP contribution is 2.29. The van der Waals surface area contributed by atoms with Gasteiger partial charge in [0.1, 0.15) is 16.6 Å². The van der Waals surface area contributed by atoms with E-state index in [9.17, 15) is 5.11 Å². The molecule has 1 aromatic heterocycles. The average molecular weight is 322 g/mol. The number of halogens is 1. The molecular formula is C15H16ClN3OS. The first-order valence-corrected chi connectivity index (χ1v) is 7.79. The van der Waals surface area contributed by atoms with Gasteiger partial charge < -0.3 is 10.4 Å². The van der Waals surface area contributed by atoms with Crippen LogP contribution in [0.3, 0.4) is 0 Å². The van der Waals surface area contributed by atoms with E-state index >= 15 is 0 Å². The number of nitriles is 1. The smallest absolute Gasteiger partial charge is 0.162 e. The Morgan fingerprint density at radius 1 is 1.43 bits per heavy atom. The van der Waals surface area contributed by atoms with Gasteiger partial charge in [-0.2, -0.15) is 9.64 Å². The van der Waals surface area contributed by atoms with Gasteiger partial charge in [-0.1, -0.05) is 41.9 Å². The molecule has 21 heavy (non-hydrogen) atoms. The fraction of sp³-hybridized carbons (Fsp3) is 0.333. The molecule has 2 rings (SSSR count). The van der Waals surface area contributed by atoms with E-state index in [1.54, 1.807) is 6.92 Å². The molecule has 0 saturated heterocycles. The van der Waals surface area contributed by atoms with Crippen molar-refractivity contribution in [3.05, 3.63) is 46.6 Å². The standard InChI is InChI=1S/C15H16ClN3OS/c1-10(20)7-12(11-5-3-2-4-6-11)9-18-15-13(8-17)14(16)19-21-15/h2-6,10,12,18,20H,7,9H2,1H3. The predicted molar refractivity (Wildman–Crippen MR) is 85.8 cm³/mol. The Hall–Kier alpha value is -1.61. The van der Waals surface area contributed by atoms with Crippen molar-refractivity contribution in [1.82, 2.24) is 4.37 Å². The van der Waals surface area contributed by atoms with Crippen LogP contribution < -0.4 is 5.32 Å². The van der Waals surface area contributed by atoms with Crippen molar-refractivity contribution in [1.29, 1.82) is 5.26 Å². The van der Waals surface area contributed by atoms with Gasteiger partial charge in [-0.3, -0.25) is 0 Å². The van der Waals surface area contributed by atoms with E-state index in [2.05, 4.69) is 15.8 Å². The third-order valence-corrected chi connectivity index (χ3v) is 4.35. The molecule has 0 aliphatic rings. The SMILES string of the molecule is CC(O)CC(CNc1snc(Cl)c1C#N)c1ccccc1. The number of aromatic nitrogens is 1. The summed E-state index contributed by atoms with van der Waals surface area (Å²) < 4.78 is 3.97. The molecule has 0 bridgehead atoms. The Morgan fingerprint density at radius 2 is 2.14 bits per heavy atom. The quantitative estimate of drug-likeness (QED) is 0.852. The summed E-state index contributed by atoms with van der Waals surface area (Å²) in [4.78, 5) is 0. The molecule has 4 nitrogen and oxygen atoms in total. The van der Waals surface area contributed by atoms with Crippen molar-refractivity contribution >= 4 is 28.1 Å². The molecular weight excluding hydrogens is 306 g/mol. The first-order chi connectivity index (χ1) is 10.1. The van der Waals surface area contributed by atoms with Gasteiger partial charge >= 0.3 is 0 Å². The van der Waals surface area contributed by atoms with Crippen molar-refractivity contribution in [2.75, 3.05) is 11.9 Å². The van der Waals surface area contributed by atoms with E-state index < -0.39 is 6.10 Å². The van der Waals surface area contributed by atoms with Gasteiger partial charge in [-0.15, -0.1) is 0 Å². The first kappa shape index (κ1) is 15.8. The molecule has 0 aliphatic carbocycles. The van der Waals surface area contributed by atoms with Crippen molar-refractivity contribution in [3.63, 3.8) is 0 Å². The Kier molecular flexibility index (Phi) is 5.57. The van der Waals surface area contributed by atoms with E-state index in [4.69, 9.17) is 16.9 Å². The highest BCUT2D eigenvalue weighted by Gasteiger charge is 2.17. The minimum atomic E-state index is -0.391. The van der Waals surface area contributed by atoms with Crippen molar-refractivity contribution < 1.29 is 5.11 Å². The number of hydrogen-bond acceptors (Lipinski definition) is 5. The van der Waals surface area contributed by atoms with E-state index in [1.165, 1.54) is 11.5 Å². The van der Waals surface area contributed by atoms with Crippen molar-refractivity contribution in [3.8, 4) is 6.07 Å². The second-order valence-corrected chi connectivity index (χ2v) is 5.99. The molecule has 0 aliphatic heterocycles. The summed E-state index contributed by atoms with van der Waals surface area (Å²) in [6, 6.07) is 12.1. The van der Waals surface area contributed by atoms with Gasteiger partial charge in [-0.25, -0.2) is 0 Å². The van der Waals surface area contributed by atoms with Crippen LogP contribution in [0.15, 0.2) is 30.3 Å². The Balaban J connectivity index is 2.11. The summed E-state index contributed by atoms with van der Waals surface area (Å²) in [5.41, 5.74) is 1.53. The molecule has 1 heterocycles. The third-order valence-electron chi connectivity index (χ3n) is 3.17. The summed E-state index contributed by atoms with van der Waals surface area (Å²) in [6.45, 7) is 2.39. The van der Waals surface area contributed by atoms with Crippen LogP contribution in [-0.2, 0) is 0 Å². The van der Waals surface area contributed by atoms with E-state index in [1.807, 2.05) is 30.3 Å². The number of nitrogens with one attached hydrogen (secondary N) is 1. The van der Waals surface area contributed by atoms with Gasteiger partial charge in [0.25, 0.3) is 0 Å². The van der Waals surface area contributed by atoms with Crippen LogP contribution in [0.5, 0.6) is 0 Å². The molecule has 0 spiro atoms. The number of aliphatic hydroxyl groups is 1. The zero-order chi connectivity index (χ0) is 15.2. The Morgan fingerprint density at radius 3 is 2.76 bits per heavy atom. The van der Waals surface area contributed by atoms with Gasteiger partial charge in [0.2, 0.25) is 0 Å². The summed E-state index contributed by atoms with van der Waals surface area (Å²) in [5, 5.41) is 22.9. The lowest BCUT2D eigenvalue weighted by molar-refractivity contribution is 0.175. The molecule has 2 unspecified atom stereocenters. The molecule has 0 amide bonds. The van der Waals surface area contributed by atoms with Crippen molar-refractivity contribution in [2.45, 2.75) is 25.4 Å². The van der Waals surface area contributed by atoms with Crippen LogP contribution in [0.2, 0.25) is 5.15 Å². The van der Waals surface area contributed by atoms with Crippen LogP contribution in [0, 0.1) is 11.3 Å². The number of benzene rings is 1. The van der Waals surface area contributed by atoms with Gasteiger partial charge in [0.05, 0.1) is 6.10 Å². The highest BCUT2D eigenvalue weighted by atomic mass is 35.5. The second kappa shape index (κ2) is 7.41. The van der Waals surface area contributed by atoms with E-state index in [0.717, 1.165) is 5.56 Å². The summed E-state index contributed by atoms with van der Waals surface area (Å²) in [6.07, 6.45) is 0.253. The molecule has 2 N–H and O–H groups in total. The fourth-order valence-electron chi connectivity index (χ4n) is 2.18. The topological polar surface area (TPSA) is 68.9 Å². The van der Waals surface area contributed by atoms with Crippen LogP contribution in [0.25, 0.3) is 0 Å². The molecule has 1 aromatic carbocycles. The lowest BCUT2D eigenvalue weighted by atomic mass is 9.93. The lowest BCUT2D eigenvalue weighted by Crippen LogP contribution is -2.17. The third kappa shape index (κ3) is 4.18. The Labute approximate surface area is 133 Å². The molecule has 2 aromatic rings. The summed E-state index contributed by atoms with van der Waals surface area (Å²) >= 11 is 7.04. The van der Waals surface area contributed by atoms with Crippen LogP contribution >= 0.6 is 23.1 Å². The molecule has 0 saturated carbocycles. The van der Waals surface area contributed by atoms with Gasteiger partial charge in [0.15, 0.2) is 5.15 Å². The largest absolute Gasteiger partial charge is 0.393 e. The number of anilines is 1. The first-order valence-electron chi connectivity index (χ1n) is 6.64. The molecule has 0 radical (unpaired) electrons. The monoisotopic (exact) mass is 321 g/mol. The zero-order valence-corrected chi connectivity index (χ0v) is 13.2. The minimum absolute atomic E-state index is 0.151. The normalized spacial score (nSPS) is 13.4. The van der Waals surface area contributed by atoms with Gasteiger partial charge in [-0.05, 0) is 30.4 Å². The summed E-state index contributed by atoms with van der Waals surface area (Å²) in [7, 11) is 0. The van der Waals surface area contributed by atoms with Gasteiger partial charge in [0, 0.05) is 12.5 Å². The number of rotatable bonds is 6. The maximum atomic E-state index is 9.68. The predicted octanol–water partition coefficient (Wildman–Crippen LogP) is 3.63. The second-order valence-electron chi connectivity index (χ2n) is 4.86. The maximum Gasteiger partial charge on any atom is 0.162 e. The van der Waals surface area contributed by atoms with Crippen LogP contribution in [0.4, 0.5) is 5.00 Å². The zero-order valence-electron chi connectivity index (χ0n) is 11.6. The van der Waals surface area contributed by atoms with E-state index in [0.29, 0.717) is 23.5 Å². The van der Waals surface area contributed by atoms with Crippen LogP contribution in [0.1, 0.15) is 30.4 Å². The lowest BCUT2D eigenvalue weighted by Gasteiger charge is -2.19. The van der Waals surface area contributed by atoms with E-state index in [-0.39, 0.29) is 11.1 Å². The van der Waals surface area contributed by atoms with Crippen molar-refractivity contribution in [2.24, 2.45) is 0 Å². The molecule has 110 valence electrons. The fourth-order valence-corrected chi connectivity index (χ4v) is 3.12. The number of nitrogens with zero attached hydrogens (tertiary/aromatic N) is 2.